The molecule has 19 heavy (non-hydrogen) atoms. The smallest absolute Gasteiger partial charge is 0.126 e. The molecule has 3 N–H and O–H groups in total. The summed E-state index contributed by atoms with van der Waals surface area (Å²) in [5.74, 6) is 0.0910. The third kappa shape index (κ3) is 3.28. The molecule has 0 radical (unpaired) electrons. The molecule has 0 aromatic heterocycles. The van der Waals surface area contributed by atoms with Crippen LogP contribution in [0.4, 0.5) is 5.69 Å². The first-order valence-electron chi connectivity index (χ1n) is 6.63. The van der Waals surface area contributed by atoms with Crippen LogP contribution >= 0.6 is 15.9 Å². The predicted octanol–water partition coefficient (Wildman–Crippen LogP) is 2.74. The van der Waals surface area contributed by atoms with Crippen LogP contribution in [0.25, 0.3) is 0 Å². The minimum Gasteiger partial charge on any atom is -0.384 e. The van der Waals surface area contributed by atoms with Crippen molar-refractivity contribution >= 4 is 27.5 Å². The monoisotopic (exact) mass is 325 g/mol. The Hall–Kier alpha value is -1.07. The fraction of sp³-hybridized carbons (Fsp3) is 0.500. The van der Waals surface area contributed by atoms with E-state index in [1.54, 1.807) is 0 Å². The van der Waals surface area contributed by atoms with Gasteiger partial charge in [-0.15, -0.1) is 0 Å². The summed E-state index contributed by atoms with van der Waals surface area (Å²) in [4.78, 5) is 2.23. The average Bonchev–Trinajstić information content (AvgIpc) is 2.88. The Morgan fingerprint density at radius 3 is 2.95 bits per heavy atom. The number of hydrogen-bond donors (Lipinski definition) is 2. The molecule has 1 saturated heterocycles. The molecule has 1 aliphatic rings. The highest BCUT2D eigenvalue weighted by Crippen LogP contribution is 2.28. The highest BCUT2D eigenvalue weighted by atomic mass is 79.9. The zero-order chi connectivity index (χ0) is 13.8. The summed E-state index contributed by atoms with van der Waals surface area (Å²) in [6.45, 7) is 4.70. The van der Waals surface area contributed by atoms with Gasteiger partial charge in [-0.3, -0.25) is 5.41 Å². The van der Waals surface area contributed by atoms with Crippen molar-refractivity contribution in [2.75, 3.05) is 24.6 Å². The third-order valence-corrected chi connectivity index (χ3v) is 4.09. The molecule has 1 aromatic rings. The van der Waals surface area contributed by atoms with E-state index >= 15 is 0 Å². The van der Waals surface area contributed by atoms with Gasteiger partial charge in [0.25, 0.3) is 0 Å². The van der Waals surface area contributed by atoms with Crippen LogP contribution in [0.5, 0.6) is 0 Å². The van der Waals surface area contributed by atoms with Crippen LogP contribution in [0, 0.1) is 5.41 Å². The van der Waals surface area contributed by atoms with E-state index in [1.165, 1.54) is 0 Å². The summed E-state index contributed by atoms with van der Waals surface area (Å²) in [6.07, 6.45) is 2.54. The van der Waals surface area contributed by atoms with Crippen molar-refractivity contribution in [3.63, 3.8) is 0 Å². The van der Waals surface area contributed by atoms with Gasteiger partial charge < -0.3 is 15.4 Å². The standard InChI is InChI=1S/C14H20BrN3O/c1-2-18(9-10-5-4-8-19-10)12-7-3-6-11(15)13(12)14(16)17/h3,6-7,10H,2,4-5,8-9H2,1H3,(H3,16,17). The van der Waals surface area contributed by atoms with Gasteiger partial charge in [-0.05, 0) is 47.8 Å². The SMILES string of the molecule is CCN(CC1CCCO1)c1cccc(Br)c1C(=N)N. The predicted molar refractivity (Wildman–Crippen MR) is 82.0 cm³/mol. The number of ether oxygens (including phenoxy) is 1. The largest absolute Gasteiger partial charge is 0.384 e. The highest BCUT2D eigenvalue weighted by Gasteiger charge is 2.21. The molecule has 2 rings (SSSR count). The molecule has 1 fully saturated rings. The second-order valence-electron chi connectivity index (χ2n) is 4.72. The molecule has 0 saturated carbocycles. The lowest BCUT2D eigenvalue weighted by molar-refractivity contribution is 0.115. The van der Waals surface area contributed by atoms with Crippen molar-refractivity contribution in [2.24, 2.45) is 5.73 Å². The molecule has 0 amide bonds. The second-order valence-corrected chi connectivity index (χ2v) is 5.58. The van der Waals surface area contributed by atoms with Crippen molar-refractivity contribution in [1.82, 2.24) is 0 Å². The summed E-state index contributed by atoms with van der Waals surface area (Å²) < 4.78 is 6.56. The Balaban J connectivity index is 2.26. The van der Waals surface area contributed by atoms with Crippen molar-refractivity contribution in [2.45, 2.75) is 25.9 Å². The third-order valence-electron chi connectivity index (χ3n) is 3.43. The molecule has 0 bridgehead atoms. The van der Waals surface area contributed by atoms with E-state index in [0.717, 1.165) is 48.3 Å². The summed E-state index contributed by atoms with van der Waals surface area (Å²) in [5, 5.41) is 7.76. The number of nitrogen functional groups attached to an aromatic ring is 1. The summed E-state index contributed by atoms with van der Waals surface area (Å²) in [6, 6.07) is 5.91. The van der Waals surface area contributed by atoms with Crippen LogP contribution in [0.1, 0.15) is 25.3 Å². The normalized spacial score (nSPS) is 18.5. The van der Waals surface area contributed by atoms with Gasteiger partial charge in [0.1, 0.15) is 5.84 Å². The fourth-order valence-electron chi connectivity index (χ4n) is 2.47. The minimum absolute atomic E-state index is 0.0910. The van der Waals surface area contributed by atoms with Crippen LogP contribution < -0.4 is 10.6 Å². The topological polar surface area (TPSA) is 62.3 Å². The van der Waals surface area contributed by atoms with Crippen LogP contribution in [-0.2, 0) is 4.74 Å². The fourth-order valence-corrected chi connectivity index (χ4v) is 3.04. The Bertz CT molecular complexity index is 458. The Morgan fingerprint density at radius 1 is 1.58 bits per heavy atom. The lowest BCUT2D eigenvalue weighted by Gasteiger charge is -2.28. The van der Waals surface area contributed by atoms with Crippen molar-refractivity contribution in [3.05, 3.63) is 28.2 Å². The maximum atomic E-state index is 7.76. The highest BCUT2D eigenvalue weighted by molar-refractivity contribution is 9.10. The molecular formula is C14H20BrN3O. The molecule has 0 spiro atoms. The number of nitrogens with zero attached hydrogens (tertiary/aromatic N) is 1. The number of nitrogens with one attached hydrogen (secondary N) is 1. The Kier molecular flexibility index (Phi) is 4.82. The number of halogens is 1. The zero-order valence-electron chi connectivity index (χ0n) is 11.2. The number of hydrogen-bond acceptors (Lipinski definition) is 3. The second kappa shape index (κ2) is 6.39. The van der Waals surface area contributed by atoms with Crippen molar-refractivity contribution < 1.29 is 4.74 Å². The van der Waals surface area contributed by atoms with Gasteiger partial charge in [0.15, 0.2) is 0 Å². The molecular weight excluding hydrogens is 306 g/mol. The first kappa shape index (κ1) is 14.3. The van der Waals surface area contributed by atoms with Crippen LogP contribution in [0.3, 0.4) is 0 Å². The van der Waals surface area contributed by atoms with Crippen LogP contribution in [-0.4, -0.2) is 31.6 Å². The number of likely N-dealkylation sites (N-methyl/N-ethyl adjacent to an activating group) is 1. The van der Waals surface area contributed by atoms with Crippen molar-refractivity contribution in [3.8, 4) is 0 Å². The van der Waals surface area contributed by atoms with E-state index < -0.39 is 0 Å². The molecule has 1 atom stereocenters. The number of anilines is 1. The summed E-state index contributed by atoms with van der Waals surface area (Å²) in [7, 11) is 0. The quantitative estimate of drug-likeness (QED) is 0.646. The average molecular weight is 326 g/mol. The minimum atomic E-state index is 0.0910. The Labute approximate surface area is 122 Å². The summed E-state index contributed by atoms with van der Waals surface area (Å²) >= 11 is 3.48. The van der Waals surface area contributed by atoms with E-state index in [0.29, 0.717) is 6.10 Å². The molecule has 1 unspecified atom stereocenters. The van der Waals surface area contributed by atoms with Gasteiger partial charge in [-0.1, -0.05) is 6.07 Å². The van der Waals surface area contributed by atoms with Crippen molar-refractivity contribution in [1.29, 1.82) is 5.41 Å². The maximum Gasteiger partial charge on any atom is 0.126 e. The maximum absolute atomic E-state index is 7.76. The molecule has 104 valence electrons. The number of benzene rings is 1. The van der Waals surface area contributed by atoms with E-state index in [9.17, 15) is 0 Å². The van der Waals surface area contributed by atoms with Gasteiger partial charge in [-0.2, -0.15) is 0 Å². The van der Waals surface area contributed by atoms with Gasteiger partial charge >= 0.3 is 0 Å². The van der Waals surface area contributed by atoms with Gasteiger partial charge in [0, 0.05) is 29.9 Å². The number of amidine groups is 1. The zero-order valence-corrected chi connectivity index (χ0v) is 12.7. The Morgan fingerprint density at radius 2 is 2.37 bits per heavy atom. The molecule has 1 aliphatic heterocycles. The van der Waals surface area contributed by atoms with Crippen LogP contribution in [0.2, 0.25) is 0 Å². The molecule has 5 heteroatoms. The lowest BCUT2D eigenvalue weighted by Crippen LogP contribution is -2.33. The van der Waals surface area contributed by atoms with E-state index in [2.05, 4.69) is 27.8 Å². The first-order valence-corrected chi connectivity index (χ1v) is 7.42. The van der Waals surface area contributed by atoms with E-state index in [1.807, 2.05) is 18.2 Å². The lowest BCUT2D eigenvalue weighted by atomic mass is 10.1. The van der Waals surface area contributed by atoms with E-state index in [-0.39, 0.29) is 5.84 Å². The summed E-state index contributed by atoms with van der Waals surface area (Å²) in [5.41, 5.74) is 7.48. The van der Waals surface area contributed by atoms with E-state index in [4.69, 9.17) is 15.9 Å². The molecule has 1 heterocycles. The van der Waals surface area contributed by atoms with Gasteiger partial charge in [0.05, 0.1) is 11.7 Å². The molecule has 4 nitrogen and oxygen atoms in total. The molecule has 1 aromatic carbocycles. The van der Waals surface area contributed by atoms with Gasteiger partial charge in [0.2, 0.25) is 0 Å². The van der Waals surface area contributed by atoms with Gasteiger partial charge in [-0.25, -0.2) is 0 Å². The number of rotatable bonds is 5. The van der Waals surface area contributed by atoms with Crippen LogP contribution in [0.15, 0.2) is 22.7 Å². The molecule has 0 aliphatic carbocycles. The number of nitrogens with two attached hydrogens (primary N) is 1. The first-order chi connectivity index (χ1) is 9.13.